The number of amides is 1. The third-order valence-electron chi connectivity index (χ3n) is 4.65. The Hall–Kier alpha value is -1.55. The van der Waals surface area contributed by atoms with E-state index in [0.717, 1.165) is 30.8 Å². The number of fused-ring (bicyclic) bond motifs is 1. The molecule has 0 aromatic heterocycles. The molecule has 4 nitrogen and oxygen atoms in total. The van der Waals surface area contributed by atoms with E-state index in [2.05, 4.69) is 4.90 Å². The molecule has 1 unspecified atom stereocenters. The Balaban J connectivity index is 1.72. The molecule has 2 N–H and O–H groups in total. The van der Waals surface area contributed by atoms with E-state index in [-0.39, 0.29) is 5.91 Å². The molecule has 4 heteroatoms. The summed E-state index contributed by atoms with van der Waals surface area (Å²) in [5, 5.41) is 0. The average Bonchev–Trinajstić information content (AvgIpc) is 2.49. The molecule has 1 atom stereocenters. The number of piperidine rings is 1. The zero-order chi connectivity index (χ0) is 14.1. The zero-order valence-electron chi connectivity index (χ0n) is 12.1. The number of nitrogen functional groups attached to an aromatic ring is 1. The zero-order valence-corrected chi connectivity index (χ0v) is 12.1. The van der Waals surface area contributed by atoms with Crippen LogP contribution >= 0.6 is 0 Å². The van der Waals surface area contributed by atoms with Crippen LogP contribution in [-0.2, 0) is 0 Å². The first-order chi connectivity index (χ1) is 9.65. The van der Waals surface area contributed by atoms with Crippen LogP contribution < -0.4 is 5.73 Å². The van der Waals surface area contributed by atoms with E-state index in [1.54, 1.807) is 0 Å². The number of hydrogen-bond donors (Lipinski definition) is 1. The summed E-state index contributed by atoms with van der Waals surface area (Å²) < 4.78 is 0. The summed E-state index contributed by atoms with van der Waals surface area (Å²) in [6.45, 7) is 5.88. The number of piperazine rings is 1. The van der Waals surface area contributed by atoms with E-state index in [1.165, 1.54) is 25.8 Å². The van der Waals surface area contributed by atoms with Crippen molar-refractivity contribution in [2.24, 2.45) is 0 Å². The summed E-state index contributed by atoms with van der Waals surface area (Å²) in [5.41, 5.74) is 8.36. The van der Waals surface area contributed by atoms with Gasteiger partial charge in [0, 0.05) is 36.9 Å². The quantitative estimate of drug-likeness (QED) is 0.795. The Bertz CT molecular complexity index is 514. The monoisotopic (exact) mass is 273 g/mol. The lowest BCUT2D eigenvalue weighted by atomic mass is 9.99. The molecule has 0 radical (unpaired) electrons. The number of anilines is 1. The fourth-order valence-corrected chi connectivity index (χ4v) is 3.30. The van der Waals surface area contributed by atoms with Crippen LogP contribution in [0, 0.1) is 6.92 Å². The first-order valence-electron chi connectivity index (χ1n) is 7.54. The van der Waals surface area contributed by atoms with Crippen LogP contribution in [0.3, 0.4) is 0 Å². The van der Waals surface area contributed by atoms with Crippen molar-refractivity contribution in [1.82, 2.24) is 9.80 Å². The van der Waals surface area contributed by atoms with Crippen LogP contribution in [0.1, 0.15) is 35.2 Å². The van der Waals surface area contributed by atoms with Crippen LogP contribution in [0.15, 0.2) is 18.2 Å². The molecule has 108 valence electrons. The van der Waals surface area contributed by atoms with Gasteiger partial charge in [0.2, 0.25) is 0 Å². The molecule has 0 bridgehead atoms. The Morgan fingerprint density at radius 3 is 2.90 bits per heavy atom. The molecule has 1 amide bonds. The number of carbonyl (C=O) groups excluding carboxylic acids is 1. The molecule has 3 rings (SSSR count). The minimum Gasteiger partial charge on any atom is -0.398 e. The molecular formula is C16H23N3O. The van der Waals surface area contributed by atoms with Crippen LogP contribution in [0.5, 0.6) is 0 Å². The largest absolute Gasteiger partial charge is 0.398 e. The lowest BCUT2D eigenvalue weighted by Gasteiger charge is -2.44. The van der Waals surface area contributed by atoms with E-state index < -0.39 is 0 Å². The number of hydrogen-bond acceptors (Lipinski definition) is 3. The summed E-state index contributed by atoms with van der Waals surface area (Å²) in [6, 6.07) is 6.19. The van der Waals surface area contributed by atoms with Crippen molar-refractivity contribution in [2.75, 3.05) is 31.9 Å². The highest BCUT2D eigenvalue weighted by Crippen LogP contribution is 2.23. The SMILES string of the molecule is Cc1ccc(C(=O)N2CCN3CCCCC3C2)cc1N. The van der Waals surface area contributed by atoms with Gasteiger partial charge in [-0.1, -0.05) is 12.5 Å². The van der Waals surface area contributed by atoms with Crippen molar-refractivity contribution in [3.8, 4) is 0 Å². The van der Waals surface area contributed by atoms with Crippen molar-refractivity contribution < 1.29 is 4.79 Å². The lowest BCUT2D eigenvalue weighted by Crippen LogP contribution is -2.56. The van der Waals surface area contributed by atoms with Gasteiger partial charge < -0.3 is 10.6 Å². The third kappa shape index (κ3) is 2.52. The standard InChI is InChI=1S/C16H23N3O/c1-12-5-6-13(10-15(12)17)16(20)19-9-8-18-7-3-2-4-14(18)11-19/h5-6,10,14H,2-4,7-9,11,17H2,1H3. The highest BCUT2D eigenvalue weighted by atomic mass is 16.2. The minimum atomic E-state index is 0.127. The molecule has 2 saturated heterocycles. The van der Waals surface area contributed by atoms with Gasteiger partial charge in [-0.05, 0) is 44.0 Å². The summed E-state index contributed by atoms with van der Waals surface area (Å²) in [6.07, 6.45) is 3.82. The van der Waals surface area contributed by atoms with Crippen molar-refractivity contribution in [2.45, 2.75) is 32.2 Å². The van der Waals surface area contributed by atoms with Gasteiger partial charge >= 0.3 is 0 Å². The van der Waals surface area contributed by atoms with Gasteiger partial charge in [-0.3, -0.25) is 9.69 Å². The predicted octanol–water partition coefficient (Wildman–Crippen LogP) is 1.89. The van der Waals surface area contributed by atoms with E-state index in [1.807, 2.05) is 30.0 Å². The Morgan fingerprint density at radius 1 is 1.25 bits per heavy atom. The van der Waals surface area contributed by atoms with E-state index >= 15 is 0 Å². The van der Waals surface area contributed by atoms with Gasteiger partial charge in [-0.2, -0.15) is 0 Å². The van der Waals surface area contributed by atoms with Crippen molar-refractivity contribution in [3.63, 3.8) is 0 Å². The first kappa shape index (κ1) is 13.4. The molecule has 1 aromatic rings. The fourth-order valence-electron chi connectivity index (χ4n) is 3.30. The molecule has 1 aromatic carbocycles. The fraction of sp³-hybridized carbons (Fsp3) is 0.562. The summed E-state index contributed by atoms with van der Waals surface area (Å²) in [7, 11) is 0. The lowest BCUT2D eigenvalue weighted by molar-refractivity contribution is 0.0372. The minimum absolute atomic E-state index is 0.127. The number of carbonyl (C=O) groups is 1. The predicted molar refractivity (Wildman–Crippen MR) is 80.7 cm³/mol. The smallest absolute Gasteiger partial charge is 0.254 e. The average molecular weight is 273 g/mol. The van der Waals surface area contributed by atoms with Gasteiger partial charge in [-0.15, -0.1) is 0 Å². The third-order valence-corrected chi connectivity index (χ3v) is 4.65. The second-order valence-corrected chi connectivity index (χ2v) is 6.01. The first-order valence-corrected chi connectivity index (χ1v) is 7.54. The topological polar surface area (TPSA) is 49.6 Å². The molecule has 0 aliphatic carbocycles. The molecule has 2 aliphatic rings. The van der Waals surface area contributed by atoms with Gasteiger partial charge in [0.15, 0.2) is 0 Å². The molecule has 0 saturated carbocycles. The van der Waals surface area contributed by atoms with Gasteiger partial charge in [0.1, 0.15) is 0 Å². The number of nitrogens with zero attached hydrogens (tertiary/aromatic N) is 2. The van der Waals surface area contributed by atoms with Crippen LogP contribution in [0.25, 0.3) is 0 Å². The summed E-state index contributed by atoms with van der Waals surface area (Å²) >= 11 is 0. The number of rotatable bonds is 1. The summed E-state index contributed by atoms with van der Waals surface area (Å²) in [4.78, 5) is 17.1. The maximum Gasteiger partial charge on any atom is 0.254 e. The van der Waals surface area contributed by atoms with E-state index in [4.69, 9.17) is 5.73 Å². The Kier molecular flexibility index (Phi) is 3.66. The second-order valence-electron chi connectivity index (χ2n) is 6.01. The Morgan fingerprint density at radius 2 is 2.10 bits per heavy atom. The van der Waals surface area contributed by atoms with E-state index in [9.17, 15) is 4.79 Å². The van der Waals surface area contributed by atoms with Crippen LogP contribution in [0.2, 0.25) is 0 Å². The molecule has 2 aliphatic heterocycles. The van der Waals surface area contributed by atoms with E-state index in [0.29, 0.717) is 11.7 Å². The maximum atomic E-state index is 12.6. The summed E-state index contributed by atoms with van der Waals surface area (Å²) in [5.74, 6) is 0.127. The molecule has 20 heavy (non-hydrogen) atoms. The van der Waals surface area contributed by atoms with Gasteiger partial charge in [0.05, 0.1) is 0 Å². The van der Waals surface area contributed by atoms with Crippen LogP contribution in [0.4, 0.5) is 5.69 Å². The highest BCUT2D eigenvalue weighted by Gasteiger charge is 2.31. The normalized spacial score (nSPS) is 23.4. The second kappa shape index (κ2) is 5.44. The number of aryl methyl sites for hydroxylation is 1. The molecular weight excluding hydrogens is 250 g/mol. The highest BCUT2D eigenvalue weighted by molar-refractivity contribution is 5.95. The van der Waals surface area contributed by atoms with Crippen molar-refractivity contribution in [1.29, 1.82) is 0 Å². The van der Waals surface area contributed by atoms with Crippen molar-refractivity contribution in [3.05, 3.63) is 29.3 Å². The molecule has 2 fully saturated rings. The van der Waals surface area contributed by atoms with Crippen LogP contribution in [-0.4, -0.2) is 47.9 Å². The van der Waals surface area contributed by atoms with Gasteiger partial charge in [0.25, 0.3) is 5.91 Å². The maximum absolute atomic E-state index is 12.6. The number of benzene rings is 1. The van der Waals surface area contributed by atoms with Crippen molar-refractivity contribution >= 4 is 11.6 Å². The van der Waals surface area contributed by atoms with Gasteiger partial charge in [-0.25, -0.2) is 0 Å². The number of nitrogens with two attached hydrogens (primary N) is 1. The molecule has 0 spiro atoms. The molecule has 2 heterocycles. The Labute approximate surface area is 120 Å².